The topological polar surface area (TPSA) is 98.0 Å². The van der Waals surface area contributed by atoms with E-state index in [1.165, 1.54) is 96.8 Å². The minimum absolute atomic E-state index is 0.0487. The number of carbonyl (C=O) groups excluding carboxylic acids is 3. The lowest BCUT2D eigenvalue weighted by Gasteiger charge is -2.35. The molecule has 0 saturated carbocycles. The predicted molar refractivity (Wildman–Crippen MR) is 172 cm³/mol. The van der Waals surface area contributed by atoms with Crippen LogP contribution in [0.1, 0.15) is 136 Å². The van der Waals surface area contributed by atoms with Gasteiger partial charge in [-0.15, -0.1) is 0 Å². The molecule has 0 spiro atoms. The largest absolute Gasteiger partial charge is 0.447 e. The summed E-state index contributed by atoms with van der Waals surface area (Å²) >= 11 is 0. The molecule has 44 heavy (non-hydrogen) atoms. The number of nitrogens with one attached hydrogen (secondary N) is 1. The molecule has 2 heterocycles. The Morgan fingerprint density at radius 1 is 0.818 bits per heavy atom. The summed E-state index contributed by atoms with van der Waals surface area (Å²) in [6.07, 6.45) is 22.1. The van der Waals surface area contributed by atoms with Crippen molar-refractivity contribution in [1.29, 1.82) is 0 Å². The molecule has 0 unspecified atom stereocenters. The van der Waals surface area contributed by atoms with Gasteiger partial charge in [0, 0.05) is 32.0 Å². The maximum atomic E-state index is 12.6. The van der Waals surface area contributed by atoms with E-state index in [4.69, 9.17) is 14.2 Å². The van der Waals surface area contributed by atoms with Crippen molar-refractivity contribution in [3.8, 4) is 0 Å². The van der Waals surface area contributed by atoms with Gasteiger partial charge in [0.2, 0.25) is 11.6 Å². The van der Waals surface area contributed by atoms with Crippen molar-refractivity contribution in [2.45, 2.75) is 155 Å². The van der Waals surface area contributed by atoms with Crippen molar-refractivity contribution >= 4 is 18.1 Å². The molecule has 0 aromatic carbocycles. The van der Waals surface area contributed by atoms with Gasteiger partial charge >= 0.3 is 12.2 Å². The van der Waals surface area contributed by atoms with E-state index >= 15 is 0 Å². The summed E-state index contributed by atoms with van der Waals surface area (Å²) in [6, 6.07) is 5.66. The van der Waals surface area contributed by atoms with E-state index in [0.29, 0.717) is 13.0 Å². The number of ether oxygens (including phenoxy) is 3. The van der Waals surface area contributed by atoms with Gasteiger partial charge in [-0.25, -0.2) is 19.1 Å². The van der Waals surface area contributed by atoms with Crippen molar-refractivity contribution < 1.29 is 33.2 Å². The molecule has 1 aliphatic heterocycles. The summed E-state index contributed by atoms with van der Waals surface area (Å²) in [6.45, 7) is 7.32. The SMILES string of the molecule is CCCCCCCCCCCCCCCCCCNC(=O)OC[C@H]1C[C@H](COC(=O)N(Cc2cccc[n+]2CC)C(C)=O)O1. The van der Waals surface area contributed by atoms with E-state index in [9.17, 15) is 14.4 Å². The number of imide groups is 1. The molecule has 3 amide bonds. The standard InChI is InChI=1S/C35H59N3O6/c1-4-6-7-8-9-10-11-12-13-14-15-16-17-18-19-21-24-36-34(40)42-28-32-26-33(44-32)29-43-35(41)38(30(3)39)27-31-23-20-22-25-37(31)5-2/h20,22-23,25,32-33H,4-19,21,24,26-29H2,1-3H3/p+1/t32-,33-/m1/s1. The Morgan fingerprint density at radius 3 is 1.86 bits per heavy atom. The van der Waals surface area contributed by atoms with Crippen LogP contribution in [0, 0.1) is 0 Å². The number of rotatable bonds is 24. The molecule has 1 aromatic rings. The van der Waals surface area contributed by atoms with Crippen LogP contribution < -0.4 is 9.88 Å². The third-order valence-electron chi connectivity index (χ3n) is 8.30. The van der Waals surface area contributed by atoms with Crippen LogP contribution in [-0.4, -0.2) is 55.0 Å². The number of alkyl carbamates (subject to hydrolysis) is 1. The van der Waals surface area contributed by atoms with E-state index in [-0.39, 0.29) is 37.9 Å². The molecule has 2 rings (SSSR count). The number of hydrogen-bond donors (Lipinski definition) is 1. The van der Waals surface area contributed by atoms with Crippen LogP contribution in [-0.2, 0) is 32.1 Å². The Bertz CT molecular complexity index is 937. The Kier molecular flexibility index (Phi) is 20.2. The molecule has 250 valence electrons. The smallest absolute Gasteiger partial charge is 0.417 e. The second kappa shape index (κ2) is 23.7. The highest BCUT2D eigenvalue weighted by Crippen LogP contribution is 2.21. The zero-order valence-corrected chi connectivity index (χ0v) is 27.9. The molecule has 0 radical (unpaired) electrons. The summed E-state index contributed by atoms with van der Waals surface area (Å²) in [4.78, 5) is 37.7. The molecule has 1 fully saturated rings. The lowest BCUT2D eigenvalue weighted by Crippen LogP contribution is -2.46. The van der Waals surface area contributed by atoms with Crippen LogP contribution in [0.3, 0.4) is 0 Å². The summed E-state index contributed by atoms with van der Waals surface area (Å²) < 4.78 is 18.3. The molecular weight excluding hydrogens is 558 g/mol. The first-order valence-electron chi connectivity index (χ1n) is 17.4. The van der Waals surface area contributed by atoms with Crippen LogP contribution >= 0.6 is 0 Å². The van der Waals surface area contributed by atoms with Gasteiger partial charge in [0.1, 0.15) is 26.3 Å². The first kappa shape index (κ1) is 37.5. The Morgan fingerprint density at radius 2 is 1.34 bits per heavy atom. The van der Waals surface area contributed by atoms with E-state index in [1.54, 1.807) is 0 Å². The van der Waals surface area contributed by atoms with E-state index in [0.717, 1.165) is 30.0 Å². The number of unbranched alkanes of at least 4 members (excludes halogenated alkanes) is 15. The molecule has 1 aliphatic rings. The van der Waals surface area contributed by atoms with Gasteiger partial charge in [-0.3, -0.25) is 4.79 Å². The van der Waals surface area contributed by atoms with Gasteiger partial charge in [-0.2, -0.15) is 0 Å². The van der Waals surface area contributed by atoms with Crippen molar-refractivity contribution in [2.75, 3.05) is 19.8 Å². The highest BCUT2D eigenvalue weighted by atomic mass is 16.6. The average Bonchev–Trinajstić information content (AvgIpc) is 3.00. The summed E-state index contributed by atoms with van der Waals surface area (Å²) in [7, 11) is 0. The second-order valence-electron chi connectivity index (χ2n) is 12.1. The lowest BCUT2D eigenvalue weighted by atomic mass is 10.0. The van der Waals surface area contributed by atoms with Crippen molar-refractivity contribution in [3.05, 3.63) is 30.1 Å². The van der Waals surface area contributed by atoms with Crippen LogP contribution in [0.2, 0.25) is 0 Å². The number of aromatic nitrogens is 1. The van der Waals surface area contributed by atoms with E-state index < -0.39 is 12.2 Å². The summed E-state index contributed by atoms with van der Waals surface area (Å²) in [5, 5.41) is 2.81. The fourth-order valence-electron chi connectivity index (χ4n) is 5.52. The normalized spacial score (nSPS) is 15.8. The number of nitrogens with zero attached hydrogens (tertiary/aromatic N) is 2. The van der Waals surface area contributed by atoms with Crippen LogP contribution in [0.15, 0.2) is 24.4 Å². The Hall–Kier alpha value is -2.68. The maximum absolute atomic E-state index is 12.6. The van der Waals surface area contributed by atoms with Crippen molar-refractivity contribution in [1.82, 2.24) is 10.2 Å². The maximum Gasteiger partial charge on any atom is 0.417 e. The molecule has 0 bridgehead atoms. The third kappa shape index (κ3) is 16.4. The minimum Gasteiger partial charge on any atom is -0.447 e. The molecular formula is C35H60N3O6+. The van der Waals surface area contributed by atoms with E-state index in [1.807, 2.05) is 35.9 Å². The van der Waals surface area contributed by atoms with Crippen LogP contribution in [0.4, 0.5) is 9.59 Å². The molecule has 1 N–H and O–H groups in total. The third-order valence-corrected chi connectivity index (χ3v) is 8.30. The van der Waals surface area contributed by atoms with Gasteiger partial charge in [-0.05, 0) is 13.3 Å². The number of hydrogen-bond acceptors (Lipinski definition) is 6. The number of carbonyl (C=O) groups is 3. The highest BCUT2D eigenvalue weighted by Gasteiger charge is 2.33. The zero-order valence-electron chi connectivity index (χ0n) is 27.9. The molecule has 9 nitrogen and oxygen atoms in total. The molecule has 1 saturated heterocycles. The fourth-order valence-corrected chi connectivity index (χ4v) is 5.52. The second-order valence-corrected chi connectivity index (χ2v) is 12.1. The van der Waals surface area contributed by atoms with Gasteiger partial charge < -0.3 is 19.5 Å². The van der Waals surface area contributed by atoms with Gasteiger partial charge in [0.25, 0.3) is 0 Å². The Labute approximate surface area is 266 Å². The quantitative estimate of drug-likeness (QED) is 0.0945. The van der Waals surface area contributed by atoms with Gasteiger partial charge in [0.05, 0.1) is 12.2 Å². The zero-order chi connectivity index (χ0) is 31.8. The predicted octanol–water partition coefficient (Wildman–Crippen LogP) is 7.62. The van der Waals surface area contributed by atoms with E-state index in [2.05, 4.69) is 12.2 Å². The number of aryl methyl sites for hydroxylation is 1. The van der Waals surface area contributed by atoms with Gasteiger partial charge in [-0.1, -0.05) is 109 Å². The molecule has 1 aromatic heterocycles. The van der Waals surface area contributed by atoms with Gasteiger partial charge in [0.15, 0.2) is 6.20 Å². The molecule has 2 atom stereocenters. The first-order valence-corrected chi connectivity index (χ1v) is 17.4. The average molecular weight is 619 g/mol. The lowest BCUT2D eigenvalue weighted by molar-refractivity contribution is -0.701. The summed E-state index contributed by atoms with van der Waals surface area (Å²) in [5.74, 6) is -0.382. The first-order chi connectivity index (χ1) is 21.4. The fraction of sp³-hybridized carbons (Fsp3) is 0.771. The van der Waals surface area contributed by atoms with Crippen molar-refractivity contribution in [3.63, 3.8) is 0 Å². The molecule has 9 heteroatoms. The van der Waals surface area contributed by atoms with Crippen LogP contribution in [0.25, 0.3) is 0 Å². The van der Waals surface area contributed by atoms with Crippen LogP contribution in [0.5, 0.6) is 0 Å². The summed E-state index contributed by atoms with van der Waals surface area (Å²) in [5.41, 5.74) is 0.840. The number of amides is 3. The minimum atomic E-state index is -0.694. The highest BCUT2D eigenvalue weighted by molar-refractivity contribution is 5.90. The monoisotopic (exact) mass is 618 g/mol. The van der Waals surface area contributed by atoms with Crippen molar-refractivity contribution in [2.24, 2.45) is 0 Å². The number of pyridine rings is 1. The molecule has 0 aliphatic carbocycles. The Balaban J connectivity index is 1.40.